The van der Waals surface area contributed by atoms with Crippen LogP contribution in [0.15, 0.2) is 85.5 Å². The molecule has 0 heterocycles. The van der Waals surface area contributed by atoms with Gasteiger partial charge in [0.1, 0.15) is 0 Å². The van der Waals surface area contributed by atoms with Crippen LogP contribution in [0.1, 0.15) is 132 Å². The molecule has 0 unspecified atom stereocenters. The van der Waals surface area contributed by atoms with Crippen LogP contribution in [0.3, 0.4) is 0 Å². The van der Waals surface area contributed by atoms with Gasteiger partial charge in [-0.2, -0.15) is 0 Å². The zero-order valence-electron chi connectivity index (χ0n) is 36.6. The van der Waals surface area contributed by atoms with Gasteiger partial charge < -0.3 is 23.7 Å². The molecule has 0 spiro atoms. The highest BCUT2D eigenvalue weighted by molar-refractivity contribution is 5.87. The van der Waals surface area contributed by atoms with Crippen molar-refractivity contribution in [1.82, 2.24) is 0 Å². The molecule has 0 aliphatic rings. The maximum absolute atomic E-state index is 10.8. The maximum Gasteiger partial charge on any atom is 0.333 e. The van der Waals surface area contributed by atoms with Crippen molar-refractivity contribution in [1.29, 1.82) is 0 Å². The van der Waals surface area contributed by atoms with E-state index in [9.17, 15) is 24.0 Å². The molecule has 1 aromatic carbocycles. The van der Waals surface area contributed by atoms with Crippen LogP contribution in [0.5, 0.6) is 0 Å². The van der Waals surface area contributed by atoms with E-state index in [0.717, 1.165) is 57.4 Å². The summed E-state index contributed by atoms with van der Waals surface area (Å²) >= 11 is 0. The van der Waals surface area contributed by atoms with Crippen molar-refractivity contribution >= 4 is 29.8 Å². The van der Waals surface area contributed by atoms with Crippen molar-refractivity contribution in [2.24, 2.45) is 0 Å². The average molecular weight is 788 g/mol. The van der Waals surface area contributed by atoms with Crippen LogP contribution in [-0.2, 0) is 47.7 Å². The molecule has 0 saturated heterocycles. The van der Waals surface area contributed by atoms with Crippen LogP contribution in [0.2, 0.25) is 0 Å². The highest BCUT2D eigenvalue weighted by Gasteiger charge is 2.02. The van der Waals surface area contributed by atoms with Crippen LogP contribution in [-0.4, -0.2) is 62.9 Å². The molecular formula is C46H75O10. The Bertz CT molecular complexity index is 1220. The Morgan fingerprint density at radius 2 is 0.982 bits per heavy atom. The molecule has 1 aromatic rings. The number of ether oxygens (including phenoxy) is 5. The van der Waals surface area contributed by atoms with Crippen molar-refractivity contribution < 1.29 is 47.7 Å². The molecule has 0 aliphatic heterocycles. The monoisotopic (exact) mass is 788 g/mol. The van der Waals surface area contributed by atoms with Crippen LogP contribution in [0.4, 0.5) is 0 Å². The molecule has 0 saturated carbocycles. The van der Waals surface area contributed by atoms with E-state index < -0.39 is 0 Å². The van der Waals surface area contributed by atoms with Crippen molar-refractivity contribution in [2.75, 3.05) is 33.0 Å². The second-order valence-electron chi connectivity index (χ2n) is 12.1. The minimum Gasteiger partial charge on any atom is -0.463 e. The first-order chi connectivity index (χ1) is 26.6. The molecule has 319 valence electrons. The average Bonchev–Trinajstić information content (AvgIpc) is 3.17. The van der Waals surface area contributed by atoms with Crippen LogP contribution in [0.25, 0.3) is 0 Å². The van der Waals surface area contributed by atoms with Crippen molar-refractivity contribution in [3.63, 3.8) is 0 Å². The van der Waals surface area contributed by atoms with Crippen molar-refractivity contribution in [3.8, 4) is 0 Å². The third-order valence-corrected chi connectivity index (χ3v) is 6.08. The Labute approximate surface area is 340 Å². The first-order valence-electron chi connectivity index (χ1n) is 19.5. The molecule has 0 aromatic heterocycles. The zero-order valence-corrected chi connectivity index (χ0v) is 36.6. The number of benzene rings is 1. The maximum atomic E-state index is 10.8. The molecular weight excluding hydrogens is 712 g/mol. The second-order valence-corrected chi connectivity index (χ2v) is 12.1. The molecule has 10 nitrogen and oxygen atoms in total. The molecule has 0 amide bonds. The number of unbranched alkanes of at least 4 members (excludes halogenated alkanes) is 6. The Hall–Kier alpha value is -4.73. The first-order valence-corrected chi connectivity index (χ1v) is 19.5. The van der Waals surface area contributed by atoms with Gasteiger partial charge in [0.15, 0.2) is 0 Å². The predicted octanol–water partition coefficient (Wildman–Crippen LogP) is 10.9. The highest BCUT2D eigenvalue weighted by Crippen LogP contribution is 2.00. The van der Waals surface area contributed by atoms with Gasteiger partial charge in [-0.15, -0.1) is 0 Å². The molecule has 0 N–H and O–H groups in total. The van der Waals surface area contributed by atoms with E-state index in [-0.39, 0.29) is 29.8 Å². The van der Waals surface area contributed by atoms with Crippen molar-refractivity contribution in [2.45, 2.75) is 133 Å². The van der Waals surface area contributed by atoms with Gasteiger partial charge >= 0.3 is 29.8 Å². The predicted molar refractivity (Wildman–Crippen MR) is 229 cm³/mol. The van der Waals surface area contributed by atoms with Crippen LogP contribution < -0.4 is 0 Å². The summed E-state index contributed by atoms with van der Waals surface area (Å²) in [5.41, 5.74) is 2.69. The normalized spacial score (nSPS) is 9.11. The van der Waals surface area contributed by atoms with Gasteiger partial charge in [0.05, 0.1) is 33.0 Å². The van der Waals surface area contributed by atoms with E-state index in [1.165, 1.54) is 24.5 Å². The summed E-state index contributed by atoms with van der Waals surface area (Å²) in [7, 11) is 0. The van der Waals surface area contributed by atoms with E-state index in [1.807, 2.05) is 31.2 Å². The second kappa shape index (κ2) is 48.3. The standard InChI is InChI=1S/C10H18O2.C9H16O2.C8H14O2.C7H12O2.C7H7.C5H8O2/c1-3-5-6-7-9-12-10(11)8-4-2;1-4-5-6-7-11-9(10)8(2)3;1-4-5-6-10-8(9)7(2)3;1-4-5-9-7(8)6(2)3;1-7-5-3-2-4-6-7;1-3-5(6)7-4-2/h4,8H,3,5-7,9H2,1-2H3;2,4-7H2,1,3H3;2,4-6H2,1,3H3;2,4-5H2,1,3H3;3-6H,1H3;3H,1,4H2,2H3. The van der Waals surface area contributed by atoms with Gasteiger partial charge in [0, 0.05) is 28.9 Å². The van der Waals surface area contributed by atoms with E-state index in [1.54, 1.807) is 40.7 Å². The fourth-order valence-electron chi connectivity index (χ4n) is 2.95. The number of rotatable bonds is 20. The largest absolute Gasteiger partial charge is 0.463 e. The molecule has 0 fully saturated rings. The third kappa shape index (κ3) is 56.0. The summed E-state index contributed by atoms with van der Waals surface area (Å²) in [5, 5.41) is 0. The quantitative estimate of drug-likeness (QED) is 0.0544. The summed E-state index contributed by atoms with van der Waals surface area (Å²) in [4.78, 5) is 52.9. The SMILES string of the molecule is C=C(C)C(=O)OCCC.C=C(C)C(=O)OCCCC.C=C(C)C(=O)OCCCCC.C=CC(=O)OCC.CC=CC(=O)OCCCCCC.Cc1cc[c]cc1. The van der Waals surface area contributed by atoms with Crippen LogP contribution in [0, 0.1) is 13.0 Å². The van der Waals surface area contributed by atoms with Gasteiger partial charge in [0.25, 0.3) is 0 Å². The lowest BCUT2D eigenvalue weighted by Crippen LogP contribution is -2.05. The Morgan fingerprint density at radius 3 is 1.32 bits per heavy atom. The number of carbonyl (C=O) groups is 5. The summed E-state index contributed by atoms with van der Waals surface area (Å²) < 4.78 is 23.7. The smallest absolute Gasteiger partial charge is 0.333 e. The fraction of sp³-hybridized carbons (Fsp3) is 0.543. The highest BCUT2D eigenvalue weighted by atomic mass is 16.5. The first kappa shape index (κ1) is 60.5. The lowest BCUT2D eigenvalue weighted by atomic mass is 10.2. The third-order valence-electron chi connectivity index (χ3n) is 6.08. The molecule has 56 heavy (non-hydrogen) atoms. The van der Waals surface area contributed by atoms with Gasteiger partial charge in [-0.1, -0.05) is 128 Å². The van der Waals surface area contributed by atoms with E-state index in [2.05, 4.69) is 64.8 Å². The summed E-state index contributed by atoms with van der Waals surface area (Å²) in [5.74, 6) is -1.44. The molecule has 0 bridgehead atoms. The lowest BCUT2D eigenvalue weighted by Gasteiger charge is -2.02. The van der Waals surface area contributed by atoms with E-state index in [4.69, 9.17) is 18.9 Å². The molecule has 1 radical (unpaired) electrons. The van der Waals surface area contributed by atoms with E-state index in [0.29, 0.717) is 49.8 Å². The number of carbonyl (C=O) groups excluding carboxylic acids is 5. The summed E-state index contributed by atoms with van der Waals surface area (Å²) in [6.07, 6.45) is 14.9. The van der Waals surface area contributed by atoms with Gasteiger partial charge in [-0.05, 0) is 73.3 Å². The summed E-state index contributed by atoms with van der Waals surface area (Å²) in [6.45, 7) is 34.9. The summed E-state index contributed by atoms with van der Waals surface area (Å²) in [6, 6.07) is 10.8. The minimum atomic E-state index is -0.359. The van der Waals surface area contributed by atoms with Crippen LogP contribution >= 0.6 is 0 Å². The minimum absolute atomic E-state index is 0.228. The number of esters is 5. The number of hydrogen-bond acceptors (Lipinski definition) is 10. The fourth-order valence-corrected chi connectivity index (χ4v) is 2.95. The van der Waals surface area contributed by atoms with Gasteiger partial charge in [-0.25, -0.2) is 24.0 Å². The van der Waals surface area contributed by atoms with Gasteiger partial charge in [-0.3, -0.25) is 0 Å². The van der Waals surface area contributed by atoms with Gasteiger partial charge in [0.2, 0.25) is 0 Å². The topological polar surface area (TPSA) is 132 Å². The molecule has 0 atom stereocenters. The van der Waals surface area contributed by atoms with E-state index >= 15 is 0 Å². The molecule has 0 aliphatic carbocycles. The molecule has 1 rings (SSSR count). The Balaban J connectivity index is -0.000000188. The number of allylic oxidation sites excluding steroid dienone is 1. The number of aryl methyl sites for hydroxylation is 1. The zero-order chi connectivity index (χ0) is 44.0. The van der Waals surface area contributed by atoms with Crippen molar-refractivity contribution in [3.05, 3.63) is 97.2 Å². The lowest BCUT2D eigenvalue weighted by molar-refractivity contribution is -0.139. The Kier molecular flexibility index (Phi) is 52.2. The molecule has 10 heteroatoms. The Morgan fingerprint density at radius 1 is 0.571 bits per heavy atom. The number of hydrogen-bond donors (Lipinski definition) is 0.